The Hall–Kier alpha value is -2.56. The van der Waals surface area contributed by atoms with Gasteiger partial charge in [0, 0.05) is 31.1 Å². The van der Waals surface area contributed by atoms with E-state index in [1.54, 1.807) is 12.5 Å². The molecule has 5 nitrogen and oxygen atoms in total. The fourth-order valence-electron chi connectivity index (χ4n) is 3.33. The van der Waals surface area contributed by atoms with Gasteiger partial charge in [-0.3, -0.25) is 4.79 Å². The van der Waals surface area contributed by atoms with Crippen molar-refractivity contribution in [2.24, 2.45) is 0 Å². The van der Waals surface area contributed by atoms with Crippen LogP contribution in [0.25, 0.3) is 5.57 Å². The SMILES string of the molecule is CCCC1C(c2ccccc2)=C(O)C(=O)N1CCCn1ccnc1. The summed E-state index contributed by atoms with van der Waals surface area (Å²) in [7, 11) is 0. The van der Waals surface area contributed by atoms with Crippen molar-refractivity contribution in [3.63, 3.8) is 0 Å². The molecule has 0 saturated heterocycles. The molecular weight excluding hydrogens is 302 g/mol. The van der Waals surface area contributed by atoms with Gasteiger partial charge in [0.05, 0.1) is 12.4 Å². The van der Waals surface area contributed by atoms with Crippen LogP contribution >= 0.6 is 0 Å². The summed E-state index contributed by atoms with van der Waals surface area (Å²) in [4.78, 5) is 18.4. The van der Waals surface area contributed by atoms with Crippen molar-refractivity contribution in [3.05, 3.63) is 60.4 Å². The molecule has 0 bridgehead atoms. The monoisotopic (exact) mass is 325 g/mol. The summed E-state index contributed by atoms with van der Waals surface area (Å²) in [5, 5.41) is 10.4. The Balaban J connectivity index is 1.76. The minimum absolute atomic E-state index is 0.0484. The first-order valence-corrected chi connectivity index (χ1v) is 8.47. The highest BCUT2D eigenvalue weighted by Crippen LogP contribution is 2.35. The number of rotatable bonds is 7. The second kappa shape index (κ2) is 7.34. The number of hydrogen-bond donors (Lipinski definition) is 1. The Morgan fingerprint density at radius 2 is 2.00 bits per heavy atom. The van der Waals surface area contributed by atoms with Crippen molar-refractivity contribution in [3.8, 4) is 0 Å². The van der Waals surface area contributed by atoms with Crippen LogP contribution in [-0.2, 0) is 11.3 Å². The van der Waals surface area contributed by atoms with E-state index in [2.05, 4.69) is 11.9 Å². The molecule has 1 amide bonds. The van der Waals surface area contributed by atoms with Crippen LogP contribution in [0.4, 0.5) is 0 Å². The van der Waals surface area contributed by atoms with Crippen LogP contribution in [0, 0.1) is 0 Å². The summed E-state index contributed by atoms with van der Waals surface area (Å²) in [6, 6.07) is 9.67. The van der Waals surface area contributed by atoms with Crippen LogP contribution in [0.5, 0.6) is 0 Å². The van der Waals surface area contributed by atoms with Crippen LogP contribution in [0.3, 0.4) is 0 Å². The van der Waals surface area contributed by atoms with Gasteiger partial charge < -0.3 is 14.6 Å². The molecule has 0 saturated carbocycles. The third-order valence-corrected chi connectivity index (χ3v) is 4.45. The first-order chi connectivity index (χ1) is 11.7. The van der Waals surface area contributed by atoms with Gasteiger partial charge in [-0.1, -0.05) is 43.7 Å². The summed E-state index contributed by atoms with van der Waals surface area (Å²) in [6.07, 6.45) is 8.09. The maximum atomic E-state index is 12.6. The molecule has 0 spiro atoms. The Bertz CT molecular complexity index is 707. The van der Waals surface area contributed by atoms with Gasteiger partial charge in [-0.25, -0.2) is 4.98 Å². The lowest BCUT2D eigenvalue weighted by atomic mass is 9.96. The molecule has 0 aliphatic carbocycles. The fraction of sp³-hybridized carbons (Fsp3) is 0.368. The highest BCUT2D eigenvalue weighted by atomic mass is 16.3. The van der Waals surface area contributed by atoms with Crippen molar-refractivity contribution in [2.75, 3.05) is 6.54 Å². The maximum Gasteiger partial charge on any atom is 0.289 e. The molecule has 1 aliphatic heterocycles. The summed E-state index contributed by atoms with van der Waals surface area (Å²) in [6.45, 7) is 3.54. The molecular formula is C19H23N3O2. The van der Waals surface area contributed by atoms with E-state index in [1.807, 2.05) is 46.0 Å². The number of carbonyl (C=O) groups excluding carboxylic acids is 1. The van der Waals surface area contributed by atoms with Crippen LogP contribution in [0.2, 0.25) is 0 Å². The lowest BCUT2D eigenvalue weighted by Crippen LogP contribution is -2.36. The quantitative estimate of drug-likeness (QED) is 0.850. The highest BCUT2D eigenvalue weighted by Gasteiger charge is 2.38. The number of aromatic nitrogens is 2. The van der Waals surface area contributed by atoms with E-state index >= 15 is 0 Å². The van der Waals surface area contributed by atoms with Gasteiger partial charge in [0.2, 0.25) is 0 Å². The van der Waals surface area contributed by atoms with Crippen LogP contribution in [0.15, 0.2) is 54.8 Å². The molecule has 2 heterocycles. The zero-order valence-electron chi connectivity index (χ0n) is 13.9. The third kappa shape index (κ3) is 3.20. The first kappa shape index (κ1) is 16.3. The first-order valence-electron chi connectivity index (χ1n) is 8.47. The number of aliphatic hydroxyl groups is 1. The molecule has 1 aromatic carbocycles. The second-order valence-corrected chi connectivity index (χ2v) is 6.09. The van der Waals surface area contributed by atoms with Gasteiger partial charge in [0.15, 0.2) is 5.76 Å². The summed E-state index contributed by atoms with van der Waals surface area (Å²) in [5.74, 6) is -0.347. The van der Waals surface area contributed by atoms with Gasteiger partial charge in [0.1, 0.15) is 0 Å². The van der Waals surface area contributed by atoms with E-state index in [0.717, 1.165) is 36.9 Å². The minimum Gasteiger partial charge on any atom is -0.503 e. The normalized spacial score (nSPS) is 17.8. The summed E-state index contributed by atoms with van der Waals surface area (Å²) < 4.78 is 2.00. The lowest BCUT2D eigenvalue weighted by Gasteiger charge is -2.26. The molecule has 3 rings (SSSR count). The molecule has 0 fully saturated rings. The average molecular weight is 325 g/mol. The van der Waals surface area contributed by atoms with Crippen molar-refractivity contribution < 1.29 is 9.90 Å². The molecule has 1 aromatic heterocycles. The highest BCUT2D eigenvalue weighted by molar-refractivity contribution is 6.05. The smallest absolute Gasteiger partial charge is 0.289 e. The number of nitrogens with zero attached hydrogens (tertiary/aromatic N) is 3. The third-order valence-electron chi connectivity index (χ3n) is 4.45. The van der Waals surface area contributed by atoms with Gasteiger partial charge >= 0.3 is 0 Å². The molecule has 0 radical (unpaired) electrons. The van der Waals surface area contributed by atoms with Crippen molar-refractivity contribution in [1.29, 1.82) is 0 Å². The number of amides is 1. The van der Waals surface area contributed by atoms with Gasteiger partial charge in [-0.15, -0.1) is 0 Å². The van der Waals surface area contributed by atoms with Crippen LogP contribution < -0.4 is 0 Å². The second-order valence-electron chi connectivity index (χ2n) is 6.09. The fourth-order valence-corrected chi connectivity index (χ4v) is 3.33. The molecule has 126 valence electrons. The Morgan fingerprint density at radius 1 is 1.21 bits per heavy atom. The minimum atomic E-state index is -0.252. The molecule has 24 heavy (non-hydrogen) atoms. The maximum absolute atomic E-state index is 12.6. The Labute approximate surface area is 142 Å². The largest absolute Gasteiger partial charge is 0.503 e. The van der Waals surface area contributed by atoms with Crippen molar-refractivity contribution in [1.82, 2.24) is 14.5 Å². The lowest BCUT2D eigenvalue weighted by molar-refractivity contribution is -0.129. The summed E-state index contributed by atoms with van der Waals surface area (Å²) in [5.41, 5.74) is 1.70. The van der Waals surface area contributed by atoms with Gasteiger partial charge in [-0.2, -0.15) is 0 Å². The van der Waals surface area contributed by atoms with E-state index in [0.29, 0.717) is 6.54 Å². The number of carbonyl (C=O) groups is 1. The van der Waals surface area contributed by atoms with Gasteiger partial charge in [-0.05, 0) is 18.4 Å². The van der Waals surface area contributed by atoms with E-state index in [-0.39, 0.29) is 17.7 Å². The molecule has 1 atom stereocenters. The summed E-state index contributed by atoms with van der Waals surface area (Å²) >= 11 is 0. The van der Waals surface area contributed by atoms with Crippen LogP contribution in [0.1, 0.15) is 31.7 Å². The van der Waals surface area contributed by atoms with E-state index in [9.17, 15) is 9.90 Å². The number of benzene rings is 1. The topological polar surface area (TPSA) is 58.4 Å². The predicted octanol–water partition coefficient (Wildman–Crippen LogP) is 3.25. The van der Waals surface area contributed by atoms with E-state index in [1.165, 1.54) is 0 Å². The molecule has 2 aromatic rings. The Kier molecular flexibility index (Phi) is 4.99. The number of hydrogen-bond acceptors (Lipinski definition) is 3. The molecule has 1 N–H and O–H groups in total. The van der Waals surface area contributed by atoms with Crippen molar-refractivity contribution >= 4 is 11.5 Å². The number of imidazole rings is 1. The molecule has 1 unspecified atom stereocenters. The zero-order valence-corrected chi connectivity index (χ0v) is 13.9. The zero-order chi connectivity index (χ0) is 16.9. The number of aryl methyl sites for hydroxylation is 1. The standard InChI is InChI=1S/C19H23N3O2/c1-2-7-16-17(15-8-4-3-5-9-15)18(23)19(24)22(16)12-6-11-21-13-10-20-14-21/h3-5,8-10,13-14,16,23H,2,6-7,11-12H2,1H3. The van der Waals surface area contributed by atoms with E-state index in [4.69, 9.17) is 0 Å². The van der Waals surface area contributed by atoms with Gasteiger partial charge in [0.25, 0.3) is 5.91 Å². The van der Waals surface area contributed by atoms with Crippen LogP contribution in [-0.4, -0.2) is 38.1 Å². The molecule has 5 heteroatoms. The number of aliphatic hydroxyl groups excluding tert-OH is 1. The molecule has 1 aliphatic rings. The predicted molar refractivity (Wildman–Crippen MR) is 93.2 cm³/mol. The Morgan fingerprint density at radius 3 is 2.67 bits per heavy atom. The van der Waals surface area contributed by atoms with Crippen molar-refractivity contribution in [2.45, 2.75) is 38.8 Å². The van der Waals surface area contributed by atoms with E-state index < -0.39 is 0 Å². The average Bonchev–Trinajstić information content (AvgIpc) is 3.19.